The van der Waals surface area contributed by atoms with Gasteiger partial charge < -0.3 is 14.2 Å². The lowest BCUT2D eigenvalue weighted by Gasteiger charge is -2.25. The van der Waals surface area contributed by atoms with E-state index in [1.54, 1.807) is 13.8 Å². The number of nitrogens with zero attached hydrogens (tertiary/aromatic N) is 3. The zero-order valence-electron chi connectivity index (χ0n) is 22.6. The number of hydrogen-bond acceptors (Lipinski definition) is 9. The van der Waals surface area contributed by atoms with Gasteiger partial charge in [0.25, 0.3) is 5.56 Å². The molecule has 1 aliphatic rings. The zero-order chi connectivity index (χ0) is 29.5. The molecule has 0 bridgehead atoms. The van der Waals surface area contributed by atoms with Gasteiger partial charge in [-0.2, -0.15) is 9.78 Å². The van der Waals surface area contributed by atoms with Crippen LogP contribution in [0.25, 0.3) is 16.9 Å². The number of carbonyl (C=O) groups excluding carboxylic acids is 1. The molecule has 1 N–H and O–H groups in total. The Balaban J connectivity index is 1.51. The van der Waals surface area contributed by atoms with E-state index >= 15 is 0 Å². The molecule has 4 aromatic rings. The summed E-state index contributed by atoms with van der Waals surface area (Å²) in [6, 6.07) is 12.4. The lowest BCUT2D eigenvalue weighted by Crippen LogP contribution is -2.30. The first kappa shape index (κ1) is 29.2. The van der Waals surface area contributed by atoms with E-state index in [2.05, 4.69) is 10.1 Å². The van der Waals surface area contributed by atoms with Gasteiger partial charge in [-0.15, -0.1) is 11.3 Å². The summed E-state index contributed by atoms with van der Waals surface area (Å²) in [5.41, 5.74) is -0.192. The normalized spacial score (nSPS) is 16.6. The van der Waals surface area contributed by atoms with Crippen molar-refractivity contribution < 1.29 is 19.0 Å². The molecular weight excluding hydrogens is 591 g/mol. The summed E-state index contributed by atoms with van der Waals surface area (Å²) in [6.07, 6.45) is 0.605. The molecule has 0 radical (unpaired) electrons. The topological polar surface area (TPSA) is 125 Å². The molecule has 1 aliphatic heterocycles. The highest BCUT2D eigenvalue weighted by Gasteiger charge is 2.36. The number of halogens is 2. The minimum Gasteiger partial charge on any atom is -0.459 e. The maximum absolute atomic E-state index is 13.4. The van der Waals surface area contributed by atoms with Gasteiger partial charge in [-0.25, -0.2) is 14.6 Å². The molecule has 0 saturated carbocycles. The number of carbonyl (C=O) groups is 1. The second-order valence-corrected chi connectivity index (χ2v) is 12.2. The molecule has 1 fully saturated rings. The van der Waals surface area contributed by atoms with Crippen LogP contribution >= 0.6 is 34.5 Å². The Labute approximate surface area is 248 Å². The number of rotatable bonds is 7. The fraction of sp³-hybridized carbons (Fsp3) is 0.321. The number of nitrogens with one attached hydrogen (secondary N) is 1. The Kier molecular flexibility index (Phi) is 7.92. The third-order valence-corrected chi connectivity index (χ3v) is 8.43. The second-order valence-electron chi connectivity index (χ2n) is 10.4. The lowest BCUT2D eigenvalue weighted by atomic mass is 9.85. The summed E-state index contributed by atoms with van der Waals surface area (Å²) in [5.74, 6) is -1.27. The number of ether oxygens (including phenoxy) is 3. The quantitative estimate of drug-likeness (QED) is 0.288. The summed E-state index contributed by atoms with van der Waals surface area (Å²) >= 11 is 14.7. The Hall–Kier alpha value is -3.35. The van der Waals surface area contributed by atoms with Crippen molar-refractivity contribution >= 4 is 40.5 Å². The maximum atomic E-state index is 13.4. The maximum Gasteiger partial charge on any atom is 0.350 e. The van der Waals surface area contributed by atoms with Crippen LogP contribution in [0.15, 0.2) is 58.3 Å². The highest BCUT2D eigenvalue weighted by atomic mass is 35.5. The third kappa shape index (κ3) is 6.00. The number of aromatic nitrogens is 4. The molecule has 2 aromatic heterocycles. The minimum atomic E-state index is -0.866. The molecular formula is C28H26Cl2N4O6S. The predicted molar refractivity (Wildman–Crippen MR) is 155 cm³/mol. The van der Waals surface area contributed by atoms with Gasteiger partial charge in [0.1, 0.15) is 28.8 Å². The van der Waals surface area contributed by atoms with Crippen molar-refractivity contribution in [3.63, 3.8) is 0 Å². The molecule has 3 heterocycles. The van der Waals surface area contributed by atoms with Gasteiger partial charge in [-0.05, 0) is 39.8 Å². The first-order chi connectivity index (χ1) is 19.4. The Bertz CT molecular complexity index is 1710. The SMILES string of the molecule is CC1(C)OCC(COC(=O)c2sc(C(C)(C)c3c(Cl)cc(-n4ncc(=O)[nH]c4=O)cc3Cl)nc2-c2ccccc2)O1. The van der Waals surface area contributed by atoms with E-state index in [9.17, 15) is 14.4 Å². The first-order valence-corrected chi connectivity index (χ1v) is 14.2. The van der Waals surface area contributed by atoms with E-state index in [4.69, 9.17) is 42.4 Å². The van der Waals surface area contributed by atoms with Crippen molar-refractivity contribution in [3.8, 4) is 16.9 Å². The van der Waals surface area contributed by atoms with Crippen LogP contribution in [0.3, 0.4) is 0 Å². The average Bonchev–Trinajstić information content (AvgIpc) is 3.51. The second kappa shape index (κ2) is 11.1. The zero-order valence-corrected chi connectivity index (χ0v) is 24.9. The van der Waals surface area contributed by atoms with Gasteiger partial charge in [0, 0.05) is 26.6 Å². The Morgan fingerprint density at radius 2 is 1.88 bits per heavy atom. The van der Waals surface area contributed by atoms with E-state index in [0.29, 0.717) is 27.7 Å². The molecule has 1 unspecified atom stereocenters. The first-order valence-electron chi connectivity index (χ1n) is 12.6. The van der Waals surface area contributed by atoms with Crippen LogP contribution in [0.4, 0.5) is 0 Å². The summed E-state index contributed by atoms with van der Waals surface area (Å²) in [7, 11) is 0. The van der Waals surface area contributed by atoms with Crippen LogP contribution in [0.5, 0.6) is 0 Å². The summed E-state index contributed by atoms with van der Waals surface area (Å²) in [4.78, 5) is 44.4. The van der Waals surface area contributed by atoms with Gasteiger partial charge in [-0.3, -0.25) is 9.78 Å². The van der Waals surface area contributed by atoms with Crippen LogP contribution in [0, 0.1) is 0 Å². The molecule has 41 heavy (non-hydrogen) atoms. The monoisotopic (exact) mass is 616 g/mol. The van der Waals surface area contributed by atoms with E-state index in [0.717, 1.165) is 16.4 Å². The molecule has 13 heteroatoms. The van der Waals surface area contributed by atoms with E-state index in [1.165, 1.54) is 23.5 Å². The van der Waals surface area contributed by atoms with Crippen LogP contribution in [-0.2, 0) is 19.6 Å². The summed E-state index contributed by atoms with van der Waals surface area (Å²) in [5, 5.41) is 4.94. The fourth-order valence-corrected chi connectivity index (χ4v) is 6.56. The molecule has 5 rings (SSSR count). The summed E-state index contributed by atoms with van der Waals surface area (Å²) in [6.45, 7) is 7.73. The van der Waals surface area contributed by atoms with Gasteiger partial charge in [0.2, 0.25) is 0 Å². The predicted octanol–water partition coefficient (Wildman–Crippen LogP) is 4.99. The van der Waals surface area contributed by atoms with Crippen molar-refractivity contribution in [1.82, 2.24) is 19.7 Å². The number of thiazole rings is 1. The van der Waals surface area contributed by atoms with Crippen LogP contribution in [0.1, 0.15) is 47.9 Å². The van der Waals surface area contributed by atoms with Crippen molar-refractivity contribution in [1.29, 1.82) is 0 Å². The van der Waals surface area contributed by atoms with Gasteiger partial charge in [-0.1, -0.05) is 53.5 Å². The molecule has 1 saturated heterocycles. The molecule has 0 amide bonds. The van der Waals surface area contributed by atoms with E-state index in [-0.39, 0.29) is 28.4 Å². The van der Waals surface area contributed by atoms with Gasteiger partial charge in [0.05, 0.1) is 18.0 Å². The number of hydrogen-bond donors (Lipinski definition) is 1. The molecule has 0 spiro atoms. The minimum absolute atomic E-state index is 0.0321. The number of H-pyrrole nitrogens is 1. The third-order valence-electron chi connectivity index (χ3n) is 6.47. The Morgan fingerprint density at radius 3 is 2.49 bits per heavy atom. The van der Waals surface area contributed by atoms with Crippen LogP contribution in [-0.4, -0.2) is 50.8 Å². The van der Waals surface area contributed by atoms with Gasteiger partial charge >= 0.3 is 11.7 Å². The highest BCUT2D eigenvalue weighted by molar-refractivity contribution is 7.14. The van der Waals surface area contributed by atoms with Crippen LogP contribution in [0.2, 0.25) is 10.0 Å². The Morgan fingerprint density at radius 1 is 1.20 bits per heavy atom. The van der Waals surface area contributed by atoms with E-state index < -0.39 is 28.4 Å². The smallest absolute Gasteiger partial charge is 0.350 e. The van der Waals surface area contributed by atoms with Crippen molar-refractivity contribution in [2.75, 3.05) is 13.2 Å². The standard InChI is InChI=1S/C28H26Cl2N4O6S/c1-27(2,21-18(29)10-16(11-19(21)30)34-26(37)32-20(35)12-31-34)25-33-22(15-8-6-5-7-9-15)23(41-25)24(36)38-13-17-14-39-28(3,4)40-17/h5-12,17H,13-14H2,1-4H3,(H,32,35,37). The molecule has 1 atom stereocenters. The number of benzene rings is 2. The molecule has 0 aliphatic carbocycles. The van der Waals surface area contributed by atoms with E-state index in [1.807, 2.05) is 44.2 Å². The van der Waals surface area contributed by atoms with Crippen LogP contribution < -0.4 is 11.2 Å². The summed E-state index contributed by atoms with van der Waals surface area (Å²) < 4.78 is 18.0. The molecule has 2 aromatic carbocycles. The molecule has 214 valence electrons. The van der Waals surface area contributed by atoms with Crippen molar-refractivity contribution in [2.24, 2.45) is 0 Å². The average molecular weight is 618 g/mol. The fourth-order valence-electron chi connectivity index (χ4n) is 4.52. The number of aromatic amines is 1. The lowest BCUT2D eigenvalue weighted by molar-refractivity contribution is -0.142. The molecule has 10 nitrogen and oxygen atoms in total. The highest BCUT2D eigenvalue weighted by Crippen LogP contribution is 2.44. The van der Waals surface area contributed by atoms with Gasteiger partial charge in [0.15, 0.2) is 5.79 Å². The van der Waals surface area contributed by atoms with Crippen molar-refractivity contribution in [3.05, 3.63) is 95.0 Å². The number of esters is 1. The largest absolute Gasteiger partial charge is 0.459 e. The van der Waals surface area contributed by atoms with Crippen molar-refractivity contribution in [2.45, 2.75) is 45.0 Å².